The van der Waals surface area contributed by atoms with Crippen molar-refractivity contribution in [1.82, 2.24) is 9.97 Å². The first-order valence-electron chi connectivity index (χ1n) is 10.6. The Bertz CT molecular complexity index is 1200. The number of hydrogen-bond donors (Lipinski definition) is 2. The van der Waals surface area contributed by atoms with Crippen LogP contribution in [0, 0.1) is 18.7 Å². The molecular formula is C24H24FN5O3. The van der Waals surface area contributed by atoms with E-state index in [0.717, 1.165) is 18.4 Å². The number of anilines is 1. The Kier molecular flexibility index (Phi) is 6.21. The van der Waals surface area contributed by atoms with Crippen molar-refractivity contribution in [3.8, 4) is 22.9 Å². The molecule has 0 bridgehead atoms. The smallest absolute Gasteiger partial charge is 0.267 e. The van der Waals surface area contributed by atoms with E-state index < -0.39 is 5.91 Å². The molecule has 2 heterocycles. The Balaban J connectivity index is 1.65. The van der Waals surface area contributed by atoms with Gasteiger partial charge in [0.05, 0.1) is 5.92 Å². The number of hydrogen-bond acceptors (Lipinski definition) is 6. The van der Waals surface area contributed by atoms with Crippen LogP contribution < -0.4 is 21.1 Å². The van der Waals surface area contributed by atoms with Crippen molar-refractivity contribution in [3.63, 3.8) is 0 Å². The average molecular weight is 449 g/mol. The largest absolute Gasteiger partial charge is 0.457 e. The van der Waals surface area contributed by atoms with E-state index >= 15 is 0 Å². The van der Waals surface area contributed by atoms with Gasteiger partial charge in [-0.2, -0.15) is 0 Å². The molecule has 1 atom stereocenters. The number of aryl methyl sites for hydroxylation is 1. The number of piperidine rings is 1. The standard InChI is InChI=1S/C24H24FN5O3/c1-14-11-15(4-9-20(14)33-18-7-5-17(25)6-8-18)24-28-19(23(27)32)12-21(29-24)30-10-2-3-16(13-30)22(26)31/h4-9,11-12,16H,2-3,10,13H2,1H3,(H2,26,31)(H2,27,32). The number of ether oxygens (including phenoxy) is 1. The molecule has 1 unspecified atom stereocenters. The van der Waals surface area contributed by atoms with Crippen molar-refractivity contribution >= 4 is 17.6 Å². The van der Waals surface area contributed by atoms with Gasteiger partial charge >= 0.3 is 0 Å². The molecule has 1 saturated heterocycles. The van der Waals surface area contributed by atoms with Crippen LogP contribution in [-0.4, -0.2) is 34.9 Å². The third-order valence-electron chi connectivity index (χ3n) is 5.59. The van der Waals surface area contributed by atoms with Crippen LogP contribution in [0.4, 0.5) is 10.2 Å². The SMILES string of the molecule is Cc1cc(-c2nc(C(N)=O)cc(N3CCCC(C(N)=O)C3)n2)ccc1Oc1ccc(F)cc1. The van der Waals surface area contributed by atoms with Crippen molar-refractivity contribution in [3.05, 3.63) is 65.6 Å². The summed E-state index contributed by atoms with van der Waals surface area (Å²) >= 11 is 0. The van der Waals surface area contributed by atoms with Crippen LogP contribution >= 0.6 is 0 Å². The number of amides is 2. The highest BCUT2D eigenvalue weighted by molar-refractivity contribution is 5.92. The summed E-state index contributed by atoms with van der Waals surface area (Å²) in [6.07, 6.45) is 1.51. The lowest BCUT2D eigenvalue weighted by molar-refractivity contribution is -0.122. The quantitative estimate of drug-likeness (QED) is 0.596. The van der Waals surface area contributed by atoms with Crippen LogP contribution in [0.1, 0.15) is 28.9 Å². The molecule has 4 rings (SSSR count). The van der Waals surface area contributed by atoms with Crippen molar-refractivity contribution in [2.45, 2.75) is 19.8 Å². The summed E-state index contributed by atoms with van der Waals surface area (Å²) in [6.45, 7) is 2.97. The second-order valence-corrected chi connectivity index (χ2v) is 8.02. The molecule has 0 spiro atoms. The number of carbonyl (C=O) groups is 2. The van der Waals surface area contributed by atoms with Crippen molar-refractivity contribution in [2.75, 3.05) is 18.0 Å². The molecule has 33 heavy (non-hydrogen) atoms. The summed E-state index contributed by atoms with van der Waals surface area (Å²) in [5.41, 5.74) is 12.6. The predicted molar refractivity (Wildman–Crippen MR) is 121 cm³/mol. The van der Waals surface area contributed by atoms with Crippen LogP contribution in [0.2, 0.25) is 0 Å². The second-order valence-electron chi connectivity index (χ2n) is 8.02. The molecule has 0 saturated carbocycles. The molecule has 4 N–H and O–H groups in total. The Labute approximate surface area is 190 Å². The highest BCUT2D eigenvalue weighted by atomic mass is 19.1. The van der Waals surface area contributed by atoms with Crippen LogP contribution in [0.15, 0.2) is 48.5 Å². The third kappa shape index (κ3) is 5.08. The Morgan fingerprint density at radius 2 is 1.85 bits per heavy atom. The lowest BCUT2D eigenvalue weighted by atomic mass is 9.97. The number of nitrogens with two attached hydrogens (primary N) is 2. The van der Waals surface area contributed by atoms with Crippen molar-refractivity contribution in [1.29, 1.82) is 0 Å². The fourth-order valence-electron chi connectivity index (χ4n) is 3.80. The van der Waals surface area contributed by atoms with Gasteiger partial charge in [0, 0.05) is 24.7 Å². The molecule has 0 radical (unpaired) electrons. The predicted octanol–water partition coefficient (Wildman–Crippen LogP) is 3.18. The van der Waals surface area contributed by atoms with Crippen LogP contribution in [-0.2, 0) is 4.79 Å². The minimum Gasteiger partial charge on any atom is -0.457 e. The minimum absolute atomic E-state index is 0.0838. The molecule has 2 aromatic carbocycles. The maximum absolute atomic E-state index is 13.1. The second kappa shape index (κ2) is 9.23. The van der Waals surface area contributed by atoms with E-state index in [1.165, 1.54) is 18.2 Å². The van der Waals surface area contributed by atoms with Gasteiger partial charge in [-0.05, 0) is 67.8 Å². The minimum atomic E-state index is -0.670. The van der Waals surface area contributed by atoms with E-state index in [0.29, 0.717) is 41.8 Å². The van der Waals surface area contributed by atoms with Gasteiger partial charge in [0.1, 0.15) is 28.8 Å². The maximum Gasteiger partial charge on any atom is 0.267 e. The van der Waals surface area contributed by atoms with Gasteiger partial charge < -0.3 is 21.1 Å². The van der Waals surface area contributed by atoms with Gasteiger partial charge in [-0.15, -0.1) is 0 Å². The number of carbonyl (C=O) groups excluding carboxylic acids is 2. The lowest BCUT2D eigenvalue weighted by Crippen LogP contribution is -2.41. The summed E-state index contributed by atoms with van der Waals surface area (Å²) < 4.78 is 19.0. The molecule has 3 aromatic rings. The van der Waals surface area contributed by atoms with Crippen LogP contribution in [0.3, 0.4) is 0 Å². The fraction of sp³-hybridized carbons (Fsp3) is 0.250. The van der Waals surface area contributed by atoms with E-state index in [4.69, 9.17) is 16.2 Å². The molecule has 9 heteroatoms. The molecule has 0 aliphatic carbocycles. The number of halogens is 1. The normalized spacial score (nSPS) is 15.8. The van der Waals surface area contributed by atoms with Gasteiger partial charge in [-0.1, -0.05) is 0 Å². The van der Waals surface area contributed by atoms with E-state index in [1.54, 1.807) is 24.3 Å². The van der Waals surface area contributed by atoms with E-state index in [-0.39, 0.29) is 23.3 Å². The zero-order chi connectivity index (χ0) is 23.5. The summed E-state index contributed by atoms with van der Waals surface area (Å²) in [6, 6.07) is 12.7. The zero-order valence-corrected chi connectivity index (χ0v) is 18.1. The van der Waals surface area contributed by atoms with Gasteiger partial charge in [0.25, 0.3) is 5.91 Å². The molecule has 1 aromatic heterocycles. The first-order valence-corrected chi connectivity index (χ1v) is 10.6. The fourth-order valence-corrected chi connectivity index (χ4v) is 3.80. The molecule has 1 aliphatic heterocycles. The van der Waals surface area contributed by atoms with E-state index in [1.807, 2.05) is 17.9 Å². The van der Waals surface area contributed by atoms with Crippen LogP contribution in [0.5, 0.6) is 11.5 Å². The van der Waals surface area contributed by atoms with Gasteiger partial charge in [0.15, 0.2) is 5.82 Å². The number of rotatable bonds is 6. The monoisotopic (exact) mass is 449 g/mol. The number of nitrogens with zero attached hydrogens (tertiary/aromatic N) is 3. The summed E-state index contributed by atoms with van der Waals surface area (Å²) in [7, 11) is 0. The Morgan fingerprint density at radius 1 is 1.09 bits per heavy atom. The summed E-state index contributed by atoms with van der Waals surface area (Å²) in [5, 5.41) is 0. The van der Waals surface area contributed by atoms with Gasteiger partial charge in [0.2, 0.25) is 5.91 Å². The summed E-state index contributed by atoms with van der Waals surface area (Å²) in [4.78, 5) is 34.5. The van der Waals surface area contributed by atoms with Crippen molar-refractivity contribution in [2.24, 2.45) is 17.4 Å². The Morgan fingerprint density at radius 3 is 2.52 bits per heavy atom. The Hall–Kier alpha value is -4.01. The number of benzene rings is 2. The average Bonchev–Trinajstić information content (AvgIpc) is 2.81. The third-order valence-corrected chi connectivity index (χ3v) is 5.59. The number of primary amides is 2. The lowest BCUT2D eigenvalue weighted by Gasteiger charge is -2.32. The highest BCUT2D eigenvalue weighted by Gasteiger charge is 2.26. The first-order chi connectivity index (χ1) is 15.8. The number of aromatic nitrogens is 2. The first kappa shape index (κ1) is 22.2. The summed E-state index contributed by atoms with van der Waals surface area (Å²) in [5.74, 6) is 0.315. The maximum atomic E-state index is 13.1. The zero-order valence-electron chi connectivity index (χ0n) is 18.1. The van der Waals surface area contributed by atoms with E-state index in [9.17, 15) is 14.0 Å². The van der Waals surface area contributed by atoms with Gasteiger partial charge in [-0.25, -0.2) is 14.4 Å². The molecule has 1 aliphatic rings. The molecular weight excluding hydrogens is 425 g/mol. The molecule has 170 valence electrons. The van der Waals surface area contributed by atoms with Gasteiger partial charge in [-0.3, -0.25) is 9.59 Å². The van der Waals surface area contributed by atoms with Crippen molar-refractivity contribution < 1.29 is 18.7 Å². The molecule has 1 fully saturated rings. The highest BCUT2D eigenvalue weighted by Crippen LogP contribution is 2.30. The molecule has 2 amide bonds. The van der Waals surface area contributed by atoms with E-state index in [2.05, 4.69) is 9.97 Å². The van der Waals surface area contributed by atoms with Crippen LogP contribution in [0.25, 0.3) is 11.4 Å². The molecule has 8 nitrogen and oxygen atoms in total. The topological polar surface area (TPSA) is 124 Å².